The van der Waals surface area contributed by atoms with E-state index in [9.17, 15) is 4.79 Å². The van der Waals surface area contributed by atoms with Gasteiger partial charge in [0.15, 0.2) is 5.78 Å². The number of benzene rings is 4. The molecule has 1 nitrogen and oxygen atoms in total. The van der Waals surface area contributed by atoms with E-state index in [0.29, 0.717) is 11.1 Å². The highest BCUT2D eigenvalue weighted by Gasteiger charge is 2.14. The van der Waals surface area contributed by atoms with E-state index in [0.717, 1.165) is 32.8 Å². The summed E-state index contributed by atoms with van der Waals surface area (Å²) in [4.78, 5) is 13.0. The minimum Gasteiger partial charge on any atom is -0.289 e. The van der Waals surface area contributed by atoms with Crippen LogP contribution in [0.3, 0.4) is 0 Å². The Morgan fingerprint density at radius 3 is 1.59 bits per heavy atom. The molecule has 0 radical (unpaired) electrons. The Kier molecular flexibility index (Phi) is 6.04. The van der Waals surface area contributed by atoms with Gasteiger partial charge >= 0.3 is 0 Å². The van der Waals surface area contributed by atoms with Gasteiger partial charge in [-0.2, -0.15) is 0 Å². The minimum absolute atomic E-state index is 0.0269. The molecule has 160 valence electrons. The summed E-state index contributed by atoms with van der Waals surface area (Å²) in [7, 11) is 0. The van der Waals surface area contributed by atoms with Crippen molar-refractivity contribution in [2.24, 2.45) is 0 Å². The van der Waals surface area contributed by atoms with E-state index in [2.05, 4.69) is 45.0 Å². The van der Waals surface area contributed by atoms with Crippen LogP contribution in [0.1, 0.15) is 47.8 Å². The lowest BCUT2D eigenvalue weighted by Gasteiger charge is -2.19. The maximum Gasteiger partial charge on any atom is 0.193 e. The summed E-state index contributed by atoms with van der Waals surface area (Å²) in [5.41, 5.74) is 8.39. The average molecular weight is 439 g/mol. The van der Waals surface area contributed by atoms with Crippen LogP contribution in [-0.4, -0.2) is 5.78 Å². The molecule has 0 bridgehead atoms. The highest BCUT2D eigenvalue weighted by Crippen LogP contribution is 2.28. The number of hydrogen-bond acceptors (Lipinski definition) is 1. The first-order chi connectivity index (χ1) is 15.2. The molecule has 4 rings (SSSR count). The van der Waals surface area contributed by atoms with Crippen LogP contribution >= 0.6 is 11.6 Å². The first-order valence-corrected chi connectivity index (χ1v) is 11.2. The second-order valence-corrected chi connectivity index (χ2v) is 9.71. The molecular formula is C30H27ClO. The number of ketones is 1. The Balaban J connectivity index is 1.52. The van der Waals surface area contributed by atoms with Gasteiger partial charge in [-0.25, -0.2) is 0 Å². The fraction of sp³-hybridized carbons (Fsp3) is 0.167. The Labute approximate surface area is 195 Å². The van der Waals surface area contributed by atoms with Crippen LogP contribution in [0.2, 0.25) is 5.02 Å². The summed E-state index contributed by atoms with van der Waals surface area (Å²) in [6, 6.07) is 30.1. The Morgan fingerprint density at radius 2 is 1.12 bits per heavy atom. The van der Waals surface area contributed by atoms with Crippen molar-refractivity contribution in [3.05, 3.63) is 118 Å². The molecule has 2 heteroatoms. The normalized spacial score (nSPS) is 11.4. The summed E-state index contributed by atoms with van der Waals surface area (Å²) < 4.78 is 0. The van der Waals surface area contributed by atoms with Gasteiger partial charge in [-0.05, 0) is 57.9 Å². The summed E-state index contributed by atoms with van der Waals surface area (Å²) in [5, 5.41) is 0.728. The quantitative estimate of drug-likeness (QED) is 0.292. The zero-order valence-electron chi connectivity index (χ0n) is 18.9. The maximum absolute atomic E-state index is 13.0. The highest BCUT2D eigenvalue weighted by molar-refractivity contribution is 6.30. The second-order valence-electron chi connectivity index (χ2n) is 9.27. The van der Waals surface area contributed by atoms with E-state index < -0.39 is 0 Å². The molecule has 32 heavy (non-hydrogen) atoms. The van der Waals surface area contributed by atoms with E-state index in [1.807, 2.05) is 73.7 Å². The zero-order valence-corrected chi connectivity index (χ0v) is 19.7. The molecule has 0 spiro atoms. The van der Waals surface area contributed by atoms with Crippen molar-refractivity contribution in [2.75, 3.05) is 0 Å². The van der Waals surface area contributed by atoms with E-state index in [4.69, 9.17) is 11.6 Å². The number of hydrogen-bond donors (Lipinski definition) is 0. The first kappa shape index (κ1) is 22.0. The SMILES string of the molecule is Cc1cc(Cl)ccc1-c1ccc(C(=O)c2ccc(-c3ccc(C(C)(C)C)cc3)cc2)cc1. The lowest BCUT2D eigenvalue weighted by molar-refractivity contribution is 0.103. The first-order valence-electron chi connectivity index (χ1n) is 10.8. The van der Waals surface area contributed by atoms with Crippen LogP contribution in [0.25, 0.3) is 22.3 Å². The fourth-order valence-corrected chi connectivity index (χ4v) is 4.12. The van der Waals surface area contributed by atoms with Crippen LogP contribution in [0.4, 0.5) is 0 Å². The smallest absolute Gasteiger partial charge is 0.193 e. The number of carbonyl (C=O) groups is 1. The van der Waals surface area contributed by atoms with E-state index in [1.54, 1.807) is 0 Å². The van der Waals surface area contributed by atoms with Gasteiger partial charge in [-0.3, -0.25) is 4.79 Å². The van der Waals surface area contributed by atoms with Crippen molar-refractivity contribution in [1.29, 1.82) is 0 Å². The molecule has 4 aromatic carbocycles. The standard InChI is InChI=1S/C30H27ClO/c1-20-19-27(31)17-18-28(20)23-7-11-25(12-8-23)29(32)24-9-5-21(6-10-24)22-13-15-26(16-14-22)30(2,3)4/h5-19H,1-4H3. The van der Waals surface area contributed by atoms with Gasteiger partial charge in [0.1, 0.15) is 0 Å². The van der Waals surface area contributed by atoms with Gasteiger partial charge < -0.3 is 0 Å². The molecule has 0 aliphatic heterocycles. The van der Waals surface area contributed by atoms with Crippen molar-refractivity contribution < 1.29 is 4.79 Å². The van der Waals surface area contributed by atoms with Gasteiger partial charge in [0.25, 0.3) is 0 Å². The average Bonchev–Trinajstić information content (AvgIpc) is 2.78. The van der Waals surface area contributed by atoms with Gasteiger partial charge in [-0.15, -0.1) is 0 Å². The molecule has 0 unspecified atom stereocenters. The molecule has 0 atom stereocenters. The molecule has 0 saturated heterocycles. The van der Waals surface area contributed by atoms with Crippen LogP contribution in [-0.2, 0) is 5.41 Å². The lowest BCUT2D eigenvalue weighted by Crippen LogP contribution is -2.10. The van der Waals surface area contributed by atoms with E-state index in [1.165, 1.54) is 5.56 Å². The molecule has 0 N–H and O–H groups in total. The Bertz CT molecular complexity index is 1240. The minimum atomic E-state index is 0.0269. The lowest BCUT2D eigenvalue weighted by atomic mass is 9.86. The third-order valence-electron chi connectivity index (χ3n) is 5.88. The van der Waals surface area contributed by atoms with Crippen LogP contribution in [0.15, 0.2) is 91.0 Å². The maximum atomic E-state index is 13.0. The third-order valence-corrected chi connectivity index (χ3v) is 6.11. The predicted octanol–water partition coefficient (Wildman–Crippen LogP) is 8.51. The van der Waals surface area contributed by atoms with E-state index >= 15 is 0 Å². The summed E-state index contributed by atoms with van der Waals surface area (Å²) in [6.07, 6.45) is 0. The summed E-state index contributed by atoms with van der Waals surface area (Å²) in [5.74, 6) is 0.0269. The zero-order chi connectivity index (χ0) is 22.9. The number of carbonyl (C=O) groups excluding carboxylic acids is 1. The van der Waals surface area contributed by atoms with Crippen molar-refractivity contribution in [3.63, 3.8) is 0 Å². The fourth-order valence-electron chi connectivity index (χ4n) is 3.90. The van der Waals surface area contributed by atoms with Crippen molar-refractivity contribution in [2.45, 2.75) is 33.1 Å². The van der Waals surface area contributed by atoms with Gasteiger partial charge in [0.05, 0.1) is 0 Å². The number of rotatable bonds is 4. The largest absolute Gasteiger partial charge is 0.289 e. The van der Waals surface area contributed by atoms with Gasteiger partial charge in [0, 0.05) is 16.1 Å². The molecular weight excluding hydrogens is 412 g/mol. The molecule has 0 heterocycles. The molecule has 0 aromatic heterocycles. The Morgan fingerprint density at radius 1 is 0.656 bits per heavy atom. The molecule has 0 saturated carbocycles. The van der Waals surface area contributed by atoms with Crippen molar-refractivity contribution >= 4 is 17.4 Å². The molecule has 0 aliphatic carbocycles. The molecule has 4 aromatic rings. The van der Waals surface area contributed by atoms with Crippen LogP contribution in [0.5, 0.6) is 0 Å². The molecule has 0 fully saturated rings. The van der Waals surface area contributed by atoms with Crippen molar-refractivity contribution in [1.82, 2.24) is 0 Å². The third kappa shape index (κ3) is 4.69. The topological polar surface area (TPSA) is 17.1 Å². The van der Waals surface area contributed by atoms with Crippen LogP contribution < -0.4 is 0 Å². The van der Waals surface area contributed by atoms with E-state index in [-0.39, 0.29) is 11.2 Å². The van der Waals surface area contributed by atoms with Crippen LogP contribution in [0, 0.1) is 6.92 Å². The summed E-state index contributed by atoms with van der Waals surface area (Å²) in [6.45, 7) is 8.68. The predicted molar refractivity (Wildman–Crippen MR) is 136 cm³/mol. The molecule has 0 amide bonds. The number of halogens is 1. The van der Waals surface area contributed by atoms with Gasteiger partial charge in [-0.1, -0.05) is 111 Å². The second kappa shape index (κ2) is 8.76. The number of aryl methyl sites for hydroxylation is 1. The summed E-state index contributed by atoms with van der Waals surface area (Å²) >= 11 is 6.07. The monoisotopic (exact) mass is 438 g/mol. The highest BCUT2D eigenvalue weighted by atomic mass is 35.5. The molecule has 0 aliphatic rings. The Hall–Kier alpha value is -3.16. The van der Waals surface area contributed by atoms with Gasteiger partial charge in [0.2, 0.25) is 0 Å². The van der Waals surface area contributed by atoms with Crippen molar-refractivity contribution in [3.8, 4) is 22.3 Å².